The zero-order valence-electron chi connectivity index (χ0n) is 16.3. The monoisotopic (exact) mass is 432 g/mol. The van der Waals surface area contributed by atoms with E-state index in [0.717, 1.165) is 0 Å². The smallest absolute Gasteiger partial charge is 0.246 e. The van der Waals surface area contributed by atoms with Gasteiger partial charge in [0.05, 0.1) is 19.0 Å². The minimum atomic E-state index is -3.74. The molecule has 1 saturated heterocycles. The molecule has 2 aliphatic rings. The summed E-state index contributed by atoms with van der Waals surface area (Å²) < 4.78 is 64.9. The Labute approximate surface area is 167 Å². The molecular weight excluding hydrogens is 404 g/mol. The molecule has 0 N–H and O–H groups in total. The first-order chi connectivity index (χ1) is 13.2. The molecule has 0 bridgehead atoms. The maximum Gasteiger partial charge on any atom is 0.246 e. The van der Waals surface area contributed by atoms with Crippen LogP contribution in [0, 0.1) is 5.41 Å². The normalized spacial score (nSPS) is 22.8. The van der Waals surface area contributed by atoms with E-state index in [-0.39, 0.29) is 30.3 Å². The van der Waals surface area contributed by atoms with E-state index in [0.29, 0.717) is 38.3 Å². The molecule has 0 radical (unpaired) electrons. The quantitative estimate of drug-likeness (QED) is 0.693. The first-order valence-corrected chi connectivity index (χ1v) is 12.5. The summed E-state index contributed by atoms with van der Waals surface area (Å²) in [4.78, 5) is 0.159. The van der Waals surface area contributed by atoms with Crippen LogP contribution in [-0.2, 0) is 24.8 Å². The SMILES string of the molecule is CCS(=O)(=O)N1CCC2(CC1)COc1ccccc1S(=O)(=O)N(CCOC)C2. The number of methoxy groups -OCH3 is 1. The van der Waals surface area contributed by atoms with Crippen LogP contribution in [0.2, 0.25) is 0 Å². The average molecular weight is 433 g/mol. The van der Waals surface area contributed by atoms with Crippen LogP contribution in [0.1, 0.15) is 19.8 Å². The second-order valence-electron chi connectivity index (χ2n) is 7.37. The minimum Gasteiger partial charge on any atom is -0.492 e. The summed E-state index contributed by atoms with van der Waals surface area (Å²) >= 11 is 0. The number of fused-ring (bicyclic) bond motifs is 1. The molecule has 1 spiro atoms. The lowest BCUT2D eigenvalue weighted by Gasteiger charge is -2.44. The molecule has 0 unspecified atom stereocenters. The number of para-hydroxylation sites is 1. The second-order valence-corrected chi connectivity index (χ2v) is 11.5. The van der Waals surface area contributed by atoms with E-state index in [9.17, 15) is 16.8 Å². The molecule has 0 atom stereocenters. The fourth-order valence-electron chi connectivity index (χ4n) is 3.77. The Morgan fingerprint density at radius 3 is 2.54 bits per heavy atom. The van der Waals surface area contributed by atoms with Gasteiger partial charge in [-0.15, -0.1) is 0 Å². The highest BCUT2D eigenvalue weighted by Gasteiger charge is 2.44. The summed E-state index contributed by atoms with van der Waals surface area (Å²) in [5.74, 6) is 0.408. The molecule has 28 heavy (non-hydrogen) atoms. The Hall–Kier alpha value is -1.20. The van der Waals surface area contributed by atoms with Crippen LogP contribution in [0.25, 0.3) is 0 Å². The number of sulfonamides is 2. The lowest BCUT2D eigenvalue weighted by Crippen LogP contribution is -2.53. The Kier molecular flexibility index (Phi) is 6.35. The van der Waals surface area contributed by atoms with Crippen LogP contribution in [0.4, 0.5) is 0 Å². The Morgan fingerprint density at radius 1 is 1.21 bits per heavy atom. The molecule has 0 aromatic heterocycles. The van der Waals surface area contributed by atoms with Gasteiger partial charge >= 0.3 is 0 Å². The van der Waals surface area contributed by atoms with E-state index in [4.69, 9.17) is 9.47 Å². The molecule has 10 heteroatoms. The van der Waals surface area contributed by atoms with Crippen molar-refractivity contribution < 1.29 is 26.3 Å². The molecule has 0 saturated carbocycles. The number of hydrogen-bond acceptors (Lipinski definition) is 6. The third-order valence-corrected chi connectivity index (χ3v) is 9.36. The standard InChI is InChI=1S/C18H28N2O6S2/c1-3-27(21,22)19-10-8-18(9-11-19)14-20(12-13-25-2)28(23,24)17-7-5-4-6-16(17)26-15-18/h4-7H,3,8-15H2,1-2H3. The average Bonchev–Trinajstić information content (AvgIpc) is 2.69. The van der Waals surface area contributed by atoms with Gasteiger partial charge in [0.2, 0.25) is 20.0 Å². The molecule has 8 nitrogen and oxygen atoms in total. The lowest BCUT2D eigenvalue weighted by molar-refractivity contribution is 0.0514. The fraction of sp³-hybridized carbons (Fsp3) is 0.667. The second kappa shape index (κ2) is 8.27. The highest BCUT2D eigenvalue weighted by atomic mass is 32.2. The van der Waals surface area contributed by atoms with Crippen molar-refractivity contribution in [3.8, 4) is 5.75 Å². The van der Waals surface area contributed by atoms with E-state index in [1.165, 1.54) is 15.7 Å². The summed E-state index contributed by atoms with van der Waals surface area (Å²) in [6.45, 7) is 3.55. The van der Waals surface area contributed by atoms with Crippen molar-refractivity contribution in [1.29, 1.82) is 0 Å². The van der Waals surface area contributed by atoms with Gasteiger partial charge in [-0.2, -0.15) is 4.31 Å². The van der Waals surface area contributed by atoms with E-state index in [2.05, 4.69) is 0 Å². The predicted octanol–water partition coefficient (Wildman–Crippen LogP) is 1.15. The van der Waals surface area contributed by atoms with E-state index in [1.54, 1.807) is 31.2 Å². The topological polar surface area (TPSA) is 93.2 Å². The van der Waals surface area contributed by atoms with Gasteiger partial charge in [-0.1, -0.05) is 12.1 Å². The number of rotatable bonds is 5. The van der Waals surface area contributed by atoms with Crippen molar-refractivity contribution in [2.45, 2.75) is 24.7 Å². The third kappa shape index (κ3) is 4.20. The zero-order chi connectivity index (χ0) is 20.4. The summed E-state index contributed by atoms with van der Waals surface area (Å²) in [5.41, 5.74) is -0.436. The Bertz CT molecular complexity index is 892. The maximum atomic E-state index is 13.3. The summed E-state index contributed by atoms with van der Waals surface area (Å²) in [5, 5.41) is 0. The molecule has 2 aliphatic heterocycles. The first-order valence-electron chi connectivity index (χ1n) is 9.43. The van der Waals surface area contributed by atoms with Crippen molar-refractivity contribution in [2.75, 3.05) is 52.3 Å². The largest absolute Gasteiger partial charge is 0.492 e. The summed E-state index contributed by atoms with van der Waals surface area (Å²) in [6.07, 6.45) is 1.10. The number of benzene rings is 1. The highest BCUT2D eigenvalue weighted by Crippen LogP contribution is 2.39. The number of hydrogen-bond donors (Lipinski definition) is 0. The van der Waals surface area contributed by atoms with Crippen molar-refractivity contribution in [1.82, 2.24) is 8.61 Å². The molecule has 158 valence electrons. The van der Waals surface area contributed by atoms with Gasteiger partial charge in [-0.05, 0) is 31.9 Å². The van der Waals surface area contributed by atoms with Crippen molar-refractivity contribution in [3.63, 3.8) is 0 Å². The fourth-order valence-corrected chi connectivity index (χ4v) is 6.55. The van der Waals surface area contributed by atoms with Gasteiger partial charge < -0.3 is 9.47 Å². The van der Waals surface area contributed by atoms with E-state index < -0.39 is 25.5 Å². The Morgan fingerprint density at radius 2 is 1.89 bits per heavy atom. The van der Waals surface area contributed by atoms with E-state index in [1.807, 2.05) is 0 Å². The summed E-state index contributed by atoms with van der Waals surface area (Å²) in [6, 6.07) is 6.65. The van der Waals surface area contributed by atoms with Crippen LogP contribution in [0.15, 0.2) is 29.2 Å². The first kappa shape index (κ1) is 21.5. The van der Waals surface area contributed by atoms with Crippen LogP contribution in [0.3, 0.4) is 0 Å². The molecule has 1 aromatic rings. The highest BCUT2D eigenvalue weighted by molar-refractivity contribution is 7.89. The predicted molar refractivity (Wildman–Crippen MR) is 105 cm³/mol. The molecule has 3 rings (SSSR count). The van der Waals surface area contributed by atoms with Crippen molar-refractivity contribution >= 4 is 20.0 Å². The number of ether oxygens (including phenoxy) is 2. The third-order valence-electron chi connectivity index (χ3n) is 5.60. The Balaban J connectivity index is 1.92. The number of nitrogens with zero attached hydrogens (tertiary/aromatic N) is 2. The molecule has 0 amide bonds. The van der Waals surface area contributed by atoms with Gasteiger partial charge in [0.25, 0.3) is 0 Å². The number of piperidine rings is 1. The van der Waals surface area contributed by atoms with Gasteiger partial charge in [0, 0.05) is 38.7 Å². The van der Waals surface area contributed by atoms with Crippen LogP contribution in [-0.4, -0.2) is 77.7 Å². The molecule has 1 aromatic carbocycles. The summed E-state index contributed by atoms with van der Waals surface area (Å²) in [7, 11) is -5.45. The van der Waals surface area contributed by atoms with E-state index >= 15 is 0 Å². The zero-order valence-corrected chi connectivity index (χ0v) is 18.0. The maximum absolute atomic E-state index is 13.3. The lowest BCUT2D eigenvalue weighted by atomic mass is 9.79. The van der Waals surface area contributed by atoms with Crippen LogP contribution in [0.5, 0.6) is 5.75 Å². The van der Waals surface area contributed by atoms with Crippen molar-refractivity contribution in [2.24, 2.45) is 5.41 Å². The van der Waals surface area contributed by atoms with Crippen LogP contribution < -0.4 is 4.74 Å². The molecule has 2 heterocycles. The van der Waals surface area contributed by atoms with Gasteiger partial charge in [0.1, 0.15) is 10.6 Å². The molecule has 0 aliphatic carbocycles. The van der Waals surface area contributed by atoms with Gasteiger partial charge in [0.15, 0.2) is 0 Å². The van der Waals surface area contributed by atoms with Crippen molar-refractivity contribution in [3.05, 3.63) is 24.3 Å². The van der Waals surface area contributed by atoms with Gasteiger partial charge in [-0.25, -0.2) is 21.1 Å². The molecular formula is C18H28N2O6S2. The minimum absolute atomic E-state index is 0.0677. The van der Waals surface area contributed by atoms with Crippen LogP contribution >= 0.6 is 0 Å². The van der Waals surface area contributed by atoms with Gasteiger partial charge in [-0.3, -0.25) is 0 Å². The molecule has 1 fully saturated rings.